The highest BCUT2D eigenvalue weighted by Crippen LogP contribution is 2.29. The van der Waals surface area contributed by atoms with E-state index in [9.17, 15) is 0 Å². The van der Waals surface area contributed by atoms with Crippen molar-refractivity contribution in [2.24, 2.45) is 0 Å². The van der Waals surface area contributed by atoms with Gasteiger partial charge in [-0.15, -0.1) is 0 Å². The number of anilines is 3. The van der Waals surface area contributed by atoms with Gasteiger partial charge >= 0.3 is 0 Å². The first-order valence-corrected chi connectivity index (χ1v) is 11.1. The molecule has 2 aromatic rings. The van der Waals surface area contributed by atoms with E-state index < -0.39 is 0 Å². The molecule has 4 rings (SSSR count). The van der Waals surface area contributed by atoms with E-state index in [-0.39, 0.29) is 0 Å². The zero-order chi connectivity index (χ0) is 20.9. The van der Waals surface area contributed by atoms with Crippen LogP contribution in [-0.2, 0) is 6.54 Å². The average Bonchev–Trinajstić information content (AvgIpc) is 3.31. The van der Waals surface area contributed by atoms with E-state index in [0.29, 0.717) is 5.95 Å². The molecule has 7 nitrogen and oxygen atoms in total. The minimum absolute atomic E-state index is 0.555. The van der Waals surface area contributed by atoms with E-state index in [2.05, 4.69) is 48.6 Å². The molecule has 2 heterocycles. The SMILES string of the molecule is CNc1nc(Nc2ccc(CN3CCN(C4CCCC4)CC3)cc2OC)ncc1C. The Morgan fingerprint density at radius 1 is 1.13 bits per heavy atom. The van der Waals surface area contributed by atoms with Crippen LogP contribution in [0.15, 0.2) is 24.4 Å². The molecule has 2 aliphatic rings. The number of piperazine rings is 1. The number of hydrogen-bond acceptors (Lipinski definition) is 7. The highest BCUT2D eigenvalue weighted by molar-refractivity contribution is 5.64. The monoisotopic (exact) mass is 410 g/mol. The summed E-state index contributed by atoms with van der Waals surface area (Å²) >= 11 is 0. The first-order chi connectivity index (χ1) is 14.7. The molecule has 0 bridgehead atoms. The highest BCUT2D eigenvalue weighted by atomic mass is 16.5. The molecule has 1 aromatic carbocycles. The minimum Gasteiger partial charge on any atom is -0.495 e. The van der Waals surface area contributed by atoms with Gasteiger partial charge in [0.1, 0.15) is 11.6 Å². The molecule has 0 atom stereocenters. The zero-order valence-electron chi connectivity index (χ0n) is 18.4. The Kier molecular flexibility index (Phi) is 6.69. The quantitative estimate of drug-likeness (QED) is 0.722. The van der Waals surface area contributed by atoms with Crippen molar-refractivity contribution in [1.29, 1.82) is 0 Å². The summed E-state index contributed by atoms with van der Waals surface area (Å²) in [5, 5.41) is 6.38. The van der Waals surface area contributed by atoms with Gasteiger partial charge in [0.15, 0.2) is 0 Å². The van der Waals surface area contributed by atoms with E-state index in [1.807, 2.05) is 20.2 Å². The molecule has 1 saturated heterocycles. The van der Waals surface area contributed by atoms with Crippen LogP contribution in [-0.4, -0.2) is 66.1 Å². The number of aryl methyl sites for hydroxylation is 1. The molecule has 30 heavy (non-hydrogen) atoms. The van der Waals surface area contributed by atoms with Gasteiger partial charge < -0.3 is 15.4 Å². The Labute approximate surface area is 179 Å². The topological polar surface area (TPSA) is 65.6 Å². The van der Waals surface area contributed by atoms with Crippen molar-refractivity contribution in [3.63, 3.8) is 0 Å². The largest absolute Gasteiger partial charge is 0.495 e. The van der Waals surface area contributed by atoms with Crippen molar-refractivity contribution in [2.75, 3.05) is 51.0 Å². The molecule has 2 fully saturated rings. The smallest absolute Gasteiger partial charge is 0.229 e. The van der Waals surface area contributed by atoms with Gasteiger partial charge in [-0.25, -0.2) is 4.98 Å². The predicted molar refractivity (Wildman–Crippen MR) is 122 cm³/mol. The number of benzene rings is 1. The summed E-state index contributed by atoms with van der Waals surface area (Å²) in [5.74, 6) is 2.19. The zero-order valence-corrected chi connectivity index (χ0v) is 18.4. The Bertz CT molecular complexity index is 844. The number of rotatable bonds is 7. The van der Waals surface area contributed by atoms with Crippen LogP contribution < -0.4 is 15.4 Å². The van der Waals surface area contributed by atoms with Crippen LogP contribution in [0.1, 0.15) is 36.8 Å². The van der Waals surface area contributed by atoms with Crippen molar-refractivity contribution >= 4 is 17.5 Å². The molecule has 0 spiro atoms. The highest BCUT2D eigenvalue weighted by Gasteiger charge is 2.26. The number of methoxy groups -OCH3 is 1. The van der Waals surface area contributed by atoms with Gasteiger partial charge in [0, 0.05) is 57.6 Å². The Balaban J connectivity index is 1.37. The van der Waals surface area contributed by atoms with Crippen molar-refractivity contribution in [2.45, 2.75) is 45.2 Å². The number of nitrogens with one attached hydrogen (secondary N) is 2. The normalized spacial score (nSPS) is 18.5. The Hall–Kier alpha value is -2.38. The lowest BCUT2D eigenvalue weighted by Gasteiger charge is -2.38. The van der Waals surface area contributed by atoms with E-state index in [0.717, 1.165) is 48.5 Å². The molecular formula is C23H34N6O. The molecule has 0 radical (unpaired) electrons. The fraction of sp³-hybridized carbons (Fsp3) is 0.565. The molecule has 1 aromatic heterocycles. The van der Waals surface area contributed by atoms with Crippen LogP contribution in [0.3, 0.4) is 0 Å². The summed E-state index contributed by atoms with van der Waals surface area (Å²) in [4.78, 5) is 14.2. The van der Waals surface area contributed by atoms with Gasteiger partial charge in [0.2, 0.25) is 5.95 Å². The van der Waals surface area contributed by atoms with Gasteiger partial charge in [-0.05, 0) is 37.5 Å². The summed E-state index contributed by atoms with van der Waals surface area (Å²) in [7, 11) is 3.57. The molecule has 1 saturated carbocycles. The molecule has 2 N–H and O–H groups in total. The molecule has 0 unspecified atom stereocenters. The summed E-state index contributed by atoms with van der Waals surface area (Å²) < 4.78 is 5.65. The molecule has 0 amide bonds. The van der Waals surface area contributed by atoms with Gasteiger partial charge in [-0.3, -0.25) is 9.80 Å². The van der Waals surface area contributed by atoms with Crippen LogP contribution in [0.4, 0.5) is 17.5 Å². The maximum absolute atomic E-state index is 5.65. The lowest BCUT2D eigenvalue weighted by Crippen LogP contribution is -2.49. The number of nitrogens with zero attached hydrogens (tertiary/aromatic N) is 4. The Morgan fingerprint density at radius 2 is 1.90 bits per heavy atom. The standard InChI is InChI=1S/C23H34N6O/c1-17-15-25-23(27-22(17)24-2)26-20-9-8-18(14-21(20)30-3)16-28-10-12-29(13-11-28)19-6-4-5-7-19/h8-9,14-15,19H,4-7,10-13,16H2,1-3H3,(H2,24,25,26,27). The van der Waals surface area contributed by atoms with Crippen molar-refractivity contribution in [1.82, 2.24) is 19.8 Å². The van der Waals surface area contributed by atoms with Gasteiger partial charge in [0.25, 0.3) is 0 Å². The van der Waals surface area contributed by atoms with Crippen LogP contribution in [0.2, 0.25) is 0 Å². The second kappa shape index (κ2) is 9.62. The minimum atomic E-state index is 0.555. The number of hydrogen-bond donors (Lipinski definition) is 2. The van der Waals surface area contributed by atoms with Crippen LogP contribution >= 0.6 is 0 Å². The second-order valence-electron chi connectivity index (χ2n) is 8.39. The summed E-state index contributed by atoms with van der Waals surface area (Å²) in [6.07, 6.45) is 7.43. The molecule has 1 aliphatic heterocycles. The van der Waals surface area contributed by atoms with Crippen LogP contribution in [0.25, 0.3) is 0 Å². The fourth-order valence-corrected chi connectivity index (χ4v) is 4.63. The van der Waals surface area contributed by atoms with Crippen LogP contribution in [0.5, 0.6) is 5.75 Å². The summed E-state index contributed by atoms with van der Waals surface area (Å²) in [5.41, 5.74) is 3.16. The van der Waals surface area contributed by atoms with Crippen molar-refractivity contribution < 1.29 is 4.74 Å². The van der Waals surface area contributed by atoms with E-state index in [4.69, 9.17) is 4.74 Å². The number of ether oxygens (including phenoxy) is 1. The summed E-state index contributed by atoms with van der Waals surface area (Å²) in [6.45, 7) is 7.62. The third-order valence-corrected chi connectivity index (χ3v) is 6.38. The average molecular weight is 411 g/mol. The van der Waals surface area contributed by atoms with Crippen molar-refractivity contribution in [3.8, 4) is 5.75 Å². The lowest BCUT2D eigenvalue weighted by molar-refractivity contribution is 0.0937. The first-order valence-electron chi connectivity index (χ1n) is 11.1. The molecule has 7 heteroatoms. The first kappa shape index (κ1) is 20.9. The van der Waals surface area contributed by atoms with Gasteiger partial charge in [-0.1, -0.05) is 18.9 Å². The molecular weight excluding hydrogens is 376 g/mol. The van der Waals surface area contributed by atoms with Gasteiger partial charge in [-0.2, -0.15) is 4.98 Å². The lowest BCUT2D eigenvalue weighted by atomic mass is 10.1. The molecule has 162 valence electrons. The van der Waals surface area contributed by atoms with Crippen molar-refractivity contribution in [3.05, 3.63) is 35.5 Å². The maximum Gasteiger partial charge on any atom is 0.229 e. The van der Waals surface area contributed by atoms with E-state index in [1.165, 1.54) is 44.3 Å². The van der Waals surface area contributed by atoms with E-state index >= 15 is 0 Å². The Morgan fingerprint density at radius 3 is 2.60 bits per heavy atom. The predicted octanol–water partition coefficient (Wildman–Crippen LogP) is 3.64. The van der Waals surface area contributed by atoms with Crippen LogP contribution in [0, 0.1) is 6.92 Å². The summed E-state index contributed by atoms with van der Waals surface area (Å²) in [6, 6.07) is 7.19. The van der Waals surface area contributed by atoms with Gasteiger partial charge in [0.05, 0.1) is 12.8 Å². The third kappa shape index (κ3) is 4.84. The third-order valence-electron chi connectivity index (χ3n) is 6.38. The molecule has 1 aliphatic carbocycles. The fourth-order valence-electron chi connectivity index (χ4n) is 4.63. The number of aromatic nitrogens is 2. The van der Waals surface area contributed by atoms with E-state index in [1.54, 1.807) is 7.11 Å². The maximum atomic E-state index is 5.65. The second-order valence-corrected chi connectivity index (χ2v) is 8.39.